The third-order valence-electron chi connectivity index (χ3n) is 2.57. The summed E-state index contributed by atoms with van der Waals surface area (Å²) in [5.41, 5.74) is 5.35. The molecule has 1 aliphatic heterocycles. The lowest BCUT2D eigenvalue weighted by Gasteiger charge is -2.38. The van der Waals surface area contributed by atoms with E-state index < -0.39 is 0 Å². The van der Waals surface area contributed by atoms with Gasteiger partial charge in [-0.3, -0.25) is 10.3 Å². The Morgan fingerprint density at radius 1 is 1.79 bits per heavy atom. The van der Waals surface area contributed by atoms with Crippen molar-refractivity contribution in [2.24, 2.45) is 5.73 Å². The Balaban J connectivity index is 2.49. The molecule has 0 radical (unpaired) electrons. The maximum absolute atomic E-state index is 9.14. The average Bonchev–Trinajstić information content (AvgIpc) is 2.16. The molecular weight excluding hydrogens is 182 g/mol. The number of morpholine rings is 1. The van der Waals surface area contributed by atoms with Crippen molar-refractivity contribution >= 4 is 5.84 Å². The van der Waals surface area contributed by atoms with E-state index in [9.17, 15) is 0 Å². The van der Waals surface area contributed by atoms with Gasteiger partial charge in [0, 0.05) is 19.0 Å². The van der Waals surface area contributed by atoms with Gasteiger partial charge in [-0.25, -0.2) is 0 Å². The molecule has 1 heterocycles. The Morgan fingerprint density at radius 3 is 3.07 bits per heavy atom. The van der Waals surface area contributed by atoms with Crippen LogP contribution in [0.5, 0.6) is 0 Å². The molecule has 2 unspecified atom stereocenters. The molecule has 0 spiro atoms. The topological polar surface area (TPSA) is 82.6 Å². The van der Waals surface area contributed by atoms with E-state index in [0.29, 0.717) is 19.6 Å². The van der Waals surface area contributed by atoms with Crippen LogP contribution in [0.3, 0.4) is 0 Å². The summed E-state index contributed by atoms with van der Waals surface area (Å²) in [6, 6.07) is 0.256. The fourth-order valence-corrected chi connectivity index (χ4v) is 1.84. The summed E-state index contributed by atoms with van der Waals surface area (Å²) >= 11 is 0. The van der Waals surface area contributed by atoms with Crippen LogP contribution < -0.4 is 5.73 Å². The Kier molecular flexibility index (Phi) is 4.31. The fraction of sp³-hybridized carbons (Fsp3) is 0.889. The van der Waals surface area contributed by atoms with E-state index in [1.165, 1.54) is 0 Å². The average molecular weight is 201 g/mol. The molecule has 1 fully saturated rings. The van der Waals surface area contributed by atoms with E-state index in [0.717, 1.165) is 6.54 Å². The fourth-order valence-electron chi connectivity index (χ4n) is 1.84. The van der Waals surface area contributed by atoms with Crippen molar-refractivity contribution in [1.29, 1.82) is 5.41 Å². The highest BCUT2D eigenvalue weighted by Crippen LogP contribution is 2.12. The second-order valence-corrected chi connectivity index (χ2v) is 3.73. The Bertz CT molecular complexity index is 198. The first kappa shape index (κ1) is 11.4. The molecule has 1 saturated heterocycles. The summed E-state index contributed by atoms with van der Waals surface area (Å²) in [6.45, 7) is 4.19. The number of amidine groups is 1. The zero-order chi connectivity index (χ0) is 10.6. The van der Waals surface area contributed by atoms with Crippen molar-refractivity contribution in [1.82, 2.24) is 4.90 Å². The maximum atomic E-state index is 9.14. The molecule has 0 aromatic heterocycles. The number of rotatable bonds is 4. The van der Waals surface area contributed by atoms with Crippen LogP contribution in [0.1, 0.15) is 13.3 Å². The maximum Gasteiger partial charge on any atom is 0.0920 e. The lowest BCUT2D eigenvalue weighted by atomic mass is 10.1. The number of hydrogen-bond acceptors (Lipinski definition) is 4. The number of aliphatic hydroxyl groups is 1. The number of nitrogens with zero attached hydrogens (tertiary/aromatic N) is 1. The van der Waals surface area contributed by atoms with Crippen molar-refractivity contribution in [2.45, 2.75) is 25.4 Å². The minimum absolute atomic E-state index is 0.0538. The third-order valence-corrected chi connectivity index (χ3v) is 2.57. The molecule has 1 aliphatic rings. The number of aliphatic hydroxyl groups excluding tert-OH is 1. The van der Waals surface area contributed by atoms with E-state index >= 15 is 0 Å². The van der Waals surface area contributed by atoms with E-state index in [2.05, 4.69) is 4.90 Å². The van der Waals surface area contributed by atoms with Crippen molar-refractivity contribution < 1.29 is 9.84 Å². The summed E-state index contributed by atoms with van der Waals surface area (Å²) in [5.74, 6) is 0.195. The van der Waals surface area contributed by atoms with Crippen LogP contribution in [0.4, 0.5) is 0 Å². The normalized spacial score (nSPS) is 26.0. The summed E-state index contributed by atoms with van der Waals surface area (Å²) in [5, 5.41) is 16.4. The zero-order valence-electron chi connectivity index (χ0n) is 8.57. The SMILES string of the molecule is CC(CC(=N)N)N1CCOCC1CO. The van der Waals surface area contributed by atoms with Crippen LogP contribution in [0, 0.1) is 5.41 Å². The Morgan fingerprint density at radius 2 is 2.50 bits per heavy atom. The Hall–Kier alpha value is -0.650. The minimum Gasteiger partial charge on any atom is -0.395 e. The Labute approximate surface area is 84.3 Å². The summed E-state index contributed by atoms with van der Waals surface area (Å²) in [7, 11) is 0. The standard InChI is InChI=1S/C9H19N3O2/c1-7(4-9(10)11)12-2-3-14-6-8(12)5-13/h7-8,13H,2-6H2,1H3,(H3,10,11). The first-order chi connectivity index (χ1) is 6.65. The lowest BCUT2D eigenvalue weighted by molar-refractivity contribution is -0.0428. The van der Waals surface area contributed by atoms with Crippen LogP contribution >= 0.6 is 0 Å². The molecule has 0 aromatic rings. The predicted molar refractivity (Wildman–Crippen MR) is 54.4 cm³/mol. The van der Waals surface area contributed by atoms with E-state index in [4.69, 9.17) is 21.0 Å². The number of nitrogens with two attached hydrogens (primary N) is 1. The van der Waals surface area contributed by atoms with Gasteiger partial charge in [-0.1, -0.05) is 0 Å². The third kappa shape index (κ3) is 2.94. The lowest BCUT2D eigenvalue weighted by Crippen LogP contribution is -2.52. The van der Waals surface area contributed by atoms with Gasteiger partial charge in [0.25, 0.3) is 0 Å². The van der Waals surface area contributed by atoms with Gasteiger partial charge in [0.1, 0.15) is 0 Å². The molecule has 0 saturated carbocycles. The first-order valence-corrected chi connectivity index (χ1v) is 4.92. The highest BCUT2D eigenvalue weighted by molar-refractivity contribution is 5.77. The second-order valence-electron chi connectivity index (χ2n) is 3.73. The van der Waals surface area contributed by atoms with Crippen molar-refractivity contribution in [3.05, 3.63) is 0 Å². The first-order valence-electron chi connectivity index (χ1n) is 4.92. The molecule has 0 aliphatic carbocycles. The molecule has 0 aromatic carbocycles. The van der Waals surface area contributed by atoms with Gasteiger partial charge in [-0.05, 0) is 6.92 Å². The molecule has 82 valence electrons. The van der Waals surface area contributed by atoms with Gasteiger partial charge in [-0.2, -0.15) is 0 Å². The summed E-state index contributed by atoms with van der Waals surface area (Å²) < 4.78 is 5.27. The minimum atomic E-state index is 0.0538. The van der Waals surface area contributed by atoms with Gasteiger partial charge < -0.3 is 15.6 Å². The van der Waals surface area contributed by atoms with Crippen LogP contribution in [-0.2, 0) is 4.74 Å². The molecule has 2 atom stereocenters. The number of hydrogen-bond donors (Lipinski definition) is 3. The van der Waals surface area contributed by atoms with Crippen LogP contribution in [0.15, 0.2) is 0 Å². The van der Waals surface area contributed by atoms with Gasteiger partial charge in [-0.15, -0.1) is 0 Å². The summed E-state index contributed by atoms with van der Waals surface area (Å²) in [6.07, 6.45) is 0.552. The van der Waals surface area contributed by atoms with Gasteiger partial charge in [0.15, 0.2) is 0 Å². The van der Waals surface area contributed by atoms with Gasteiger partial charge >= 0.3 is 0 Å². The largest absolute Gasteiger partial charge is 0.395 e. The van der Waals surface area contributed by atoms with Crippen LogP contribution in [0.2, 0.25) is 0 Å². The molecule has 0 bridgehead atoms. The van der Waals surface area contributed by atoms with E-state index in [1.54, 1.807) is 0 Å². The molecule has 0 amide bonds. The second kappa shape index (κ2) is 5.29. The number of nitrogens with one attached hydrogen (secondary N) is 1. The molecule has 14 heavy (non-hydrogen) atoms. The smallest absolute Gasteiger partial charge is 0.0920 e. The van der Waals surface area contributed by atoms with Crippen molar-refractivity contribution in [2.75, 3.05) is 26.4 Å². The van der Waals surface area contributed by atoms with Crippen LogP contribution in [-0.4, -0.2) is 54.3 Å². The predicted octanol–water partition coefficient (Wildman–Crippen LogP) is -0.606. The molecule has 5 nitrogen and oxygen atoms in total. The van der Waals surface area contributed by atoms with E-state index in [-0.39, 0.29) is 24.5 Å². The summed E-state index contributed by atoms with van der Waals surface area (Å²) in [4.78, 5) is 2.16. The highest BCUT2D eigenvalue weighted by atomic mass is 16.5. The molecule has 1 rings (SSSR count). The quantitative estimate of drug-likeness (QED) is 0.419. The van der Waals surface area contributed by atoms with E-state index in [1.807, 2.05) is 6.92 Å². The van der Waals surface area contributed by atoms with Gasteiger partial charge in [0.05, 0.1) is 31.7 Å². The highest BCUT2D eigenvalue weighted by Gasteiger charge is 2.26. The molecule has 5 heteroatoms. The van der Waals surface area contributed by atoms with Crippen molar-refractivity contribution in [3.63, 3.8) is 0 Å². The van der Waals surface area contributed by atoms with Crippen LogP contribution in [0.25, 0.3) is 0 Å². The zero-order valence-corrected chi connectivity index (χ0v) is 8.57. The van der Waals surface area contributed by atoms with Gasteiger partial charge in [0.2, 0.25) is 0 Å². The molecule has 4 N–H and O–H groups in total. The monoisotopic (exact) mass is 201 g/mol. The molecular formula is C9H19N3O2. The number of ether oxygens (including phenoxy) is 1. The van der Waals surface area contributed by atoms with Crippen molar-refractivity contribution in [3.8, 4) is 0 Å².